The van der Waals surface area contributed by atoms with E-state index in [1.165, 1.54) is 75.3 Å². The Morgan fingerprint density at radius 3 is 1.44 bits per heavy atom. The summed E-state index contributed by atoms with van der Waals surface area (Å²) < 4.78 is 0. The van der Waals surface area contributed by atoms with Crippen LogP contribution in [0.3, 0.4) is 0 Å². The smallest absolute Gasteiger partial charge is 0.118 e. The fourth-order valence-corrected chi connectivity index (χ4v) is 4.56. The third-order valence-electron chi connectivity index (χ3n) is 6.60. The molecule has 1 nitrogen and oxygen atoms in total. The predicted molar refractivity (Wildman–Crippen MR) is 149 cm³/mol. The second-order valence-corrected chi connectivity index (χ2v) is 9.34. The van der Waals surface area contributed by atoms with E-state index in [0.29, 0.717) is 11.7 Å². The maximum atomic E-state index is 9.65. The highest BCUT2D eigenvalue weighted by Crippen LogP contribution is 2.27. The number of phenolic OH excluding ortho intramolecular Hbond substituents is 1. The first kappa shape index (κ1) is 27.7. The second kappa shape index (κ2) is 17.9. The summed E-state index contributed by atoms with van der Waals surface area (Å²) in [6, 6.07) is 29.1. The van der Waals surface area contributed by atoms with E-state index in [9.17, 15) is 5.11 Å². The molecule has 3 aromatic rings. The molecule has 0 spiro atoms. The van der Waals surface area contributed by atoms with Gasteiger partial charge in [0.15, 0.2) is 0 Å². The highest BCUT2D eigenvalue weighted by Gasteiger charge is 2.10. The molecule has 0 aliphatic carbocycles. The lowest BCUT2D eigenvalue weighted by molar-refractivity contribution is 0.466. The molecule has 34 heavy (non-hydrogen) atoms. The third-order valence-corrected chi connectivity index (χ3v) is 6.60. The molecule has 184 valence electrons. The van der Waals surface area contributed by atoms with Crippen LogP contribution in [0.1, 0.15) is 107 Å². The molecular formula is C33H46O. The highest BCUT2D eigenvalue weighted by atomic mass is 16.3. The van der Waals surface area contributed by atoms with Crippen LogP contribution in [0.2, 0.25) is 0 Å². The number of unbranched alkanes of at least 4 members (excludes halogenated alkanes) is 9. The zero-order chi connectivity index (χ0) is 24.3. The Morgan fingerprint density at radius 1 is 0.529 bits per heavy atom. The molecule has 0 aromatic heterocycles. The topological polar surface area (TPSA) is 20.2 Å². The van der Waals surface area contributed by atoms with Gasteiger partial charge in [0, 0.05) is 5.92 Å². The maximum absolute atomic E-state index is 9.65. The predicted octanol–water partition coefficient (Wildman–Crippen LogP) is 10.1. The Labute approximate surface area is 209 Å². The molecule has 1 N–H and O–H groups in total. The minimum atomic E-state index is 0.457. The zero-order valence-corrected chi connectivity index (χ0v) is 21.6. The van der Waals surface area contributed by atoms with Gasteiger partial charge in [0.2, 0.25) is 0 Å². The van der Waals surface area contributed by atoms with Gasteiger partial charge in [-0.1, -0.05) is 150 Å². The van der Waals surface area contributed by atoms with Crippen LogP contribution in [0.4, 0.5) is 0 Å². The Kier molecular flexibility index (Phi) is 14.6. The van der Waals surface area contributed by atoms with Crippen LogP contribution < -0.4 is 0 Å². The average molecular weight is 459 g/mol. The van der Waals surface area contributed by atoms with E-state index in [4.69, 9.17) is 0 Å². The van der Waals surface area contributed by atoms with Gasteiger partial charge in [0.25, 0.3) is 0 Å². The van der Waals surface area contributed by atoms with Gasteiger partial charge >= 0.3 is 0 Å². The standard InChI is InChI=1S/C18H30O.C15H16/c1-2-3-4-5-6-7-8-9-10-11-14-17-15-12-13-16-18(17)19;1-2-15(13-9-5-3-6-10-13)14-11-7-4-8-12-14/h12-13,15-16,19H,2-11,14H2,1H3;3-12,15H,2H2,1H3. The number of rotatable bonds is 14. The molecule has 0 fully saturated rings. The molecular weight excluding hydrogens is 412 g/mol. The molecule has 0 radical (unpaired) electrons. The highest BCUT2D eigenvalue weighted by molar-refractivity contribution is 5.32. The SMILES string of the molecule is CCC(c1ccccc1)c1ccccc1.CCCCCCCCCCCCc1ccccc1O. The van der Waals surface area contributed by atoms with Crippen LogP contribution >= 0.6 is 0 Å². The van der Waals surface area contributed by atoms with Gasteiger partial charge in [0.05, 0.1) is 0 Å². The normalized spacial score (nSPS) is 10.7. The van der Waals surface area contributed by atoms with E-state index >= 15 is 0 Å². The number of para-hydroxylation sites is 1. The summed E-state index contributed by atoms with van der Waals surface area (Å²) in [7, 11) is 0. The minimum absolute atomic E-state index is 0.457. The van der Waals surface area contributed by atoms with Crippen molar-refractivity contribution in [1.82, 2.24) is 0 Å². The lowest BCUT2D eigenvalue weighted by Crippen LogP contribution is -1.98. The Hall–Kier alpha value is -2.54. The molecule has 0 aliphatic rings. The molecule has 3 rings (SSSR count). The molecule has 1 heteroatoms. The Bertz CT molecular complexity index is 816. The monoisotopic (exact) mass is 458 g/mol. The number of benzene rings is 3. The molecule has 0 heterocycles. The largest absolute Gasteiger partial charge is 0.508 e. The van der Waals surface area contributed by atoms with Crippen LogP contribution in [0.5, 0.6) is 5.75 Å². The van der Waals surface area contributed by atoms with Crippen LogP contribution in [-0.4, -0.2) is 5.11 Å². The lowest BCUT2D eigenvalue weighted by Gasteiger charge is -2.15. The van der Waals surface area contributed by atoms with Gasteiger partial charge in [-0.05, 0) is 42.0 Å². The van der Waals surface area contributed by atoms with Gasteiger partial charge in [-0.25, -0.2) is 0 Å². The van der Waals surface area contributed by atoms with Gasteiger partial charge < -0.3 is 5.11 Å². The van der Waals surface area contributed by atoms with Crippen molar-refractivity contribution in [2.45, 2.75) is 96.8 Å². The van der Waals surface area contributed by atoms with Crippen molar-refractivity contribution in [2.75, 3.05) is 0 Å². The summed E-state index contributed by atoms with van der Waals surface area (Å²) >= 11 is 0. The van der Waals surface area contributed by atoms with E-state index in [0.717, 1.165) is 18.4 Å². The third kappa shape index (κ3) is 11.1. The van der Waals surface area contributed by atoms with Crippen molar-refractivity contribution in [3.8, 4) is 5.75 Å². The summed E-state index contributed by atoms with van der Waals surface area (Å²) in [5.74, 6) is 0.992. The van der Waals surface area contributed by atoms with Crippen molar-refractivity contribution in [3.63, 3.8) is 0 Å². The molecule has 0 amide bonds. The van der Waals surface area contributed by atoms with Crippen LogP contribution in [-0.2, 0) is 6.42 Å². The van der Waals surface area contributed by atoms with E-state index in [1.807, 2.05) is 18.2 Å². The molecule has 0 atom stereocenters. The summed E-state index contributed by atoms with van der Waals surface area (Å²) in [5, 5.41) is 9.65. The summed E-state index contributed by atoms with van der Waals surface area (Å²) in [6.45, 7) is 4.51. The van der Waals surface area contributed by atoms with Crippen LogP contribution in [0.15, 0.2) is 84.9 Å². The summed E-state index contributed by atoms with van der Waals surface area (Å²) in [6.07, 6.45) is 15.8. The minimum Gasteiger partial charge on any atom is -0.508 e. The summed E-state index contributed by atoms with van der Waals surface area (Å²) in [5.41, 5.74) is 3.92. The van der Waals surface area contributed by atoms with Crippen molar-refractivity contribution in [1.29, 1.82) is 0 Å². The van der Waals surface area contributed by atoms with Crippen LogP contribution in [0.25, 0.3) is 0 Å². The average Bonchev–Trinajstić information content (AvgIpc) is 2.88. The number of hydrogen-bond acceptors (Lipinski definition) is 1. The number of aromatic hydroxyl groups is 1. The fourth-order valence-electron chi connectivity index (χ4n) is 4.56. The number of hydrogen-bond donors (Lipinski definition) is 1. The maximum Gasteiger partial charge on any atom is 0.118 e. The first-order chi connectivity index (χ1) is 16.8. The fraction of sp³-hybridized carbons (Fsp3) is 0.455. The first-order valence-corrected chi connectivity index (χ1v) is 13.6. The van der Waals surface area contributed by atoms with E-state index in [2.05, 4.69) is 74.5 Å². The molecule has 0 saturated heterocycles. The summed E-state index contributed by atoms with van der Waals surface area (Å²) in [4.78, 5) is 0. The quantitative estimate of drug-likeness (QED) is 0.238. The van der Waals surface area contributed by atoms with Crippen molar-refractivity contribution in [2.24, 2.45) is 0 Å². The molecule has 0 unspecified atom stereocenters. The van der Waals surface area contributed by atoms with E-state index < -0.39 is 0 Å². The molecule has 3 aromatic carbocycles. The van der Waals surface area contributed by atoms with Gasteiger partial charge in [-0.2, -0.15) is 0 Å². The first-order valence-electron chi connectivity index (χ1n) is 13.6. The zero-order valence-electron chi connectivity index (χ0n) is 21.6. The molecule has 0 bridgehead atoms. The number of aryl methyl sites for hydroxylation is 1. The molecule has 0 aliphatic heterocycles. The molecule has 0 saturated carbocycles. The van der Waals surface area contributed by atoms with Crippen molar-refractivity contribution >= 4 is 0 Å². The Balaban J connectivity index is 0.000000246. The second-order valence-electron chi connectivity index (χ2n) is 9.34. The van der Waals surface area contributed by atoms with Crippen LogP contribution in [0, 0.1) is 0 Å². The number of phenols is 1. The van der Waals surface area contributed by atoms with Gasteiger partial charge in [-0.15, -0.1) is 0 Å². The van der Waals surface area contributed by atoms with Gasteiger partial charge in [-0.3, -0.25) is 0 Å². The van der Waals surface area contributed by atoms with Crippen molar-refractivity contribution < 1.29 is 5.11 Å². The van der Waals surface area contributed by atoms with Crippen molar-refractivity contribution in [3.05, 3.63) is 102 Å². The Morgan fingerprint density at radius 2 is 0.971 bits per heavy atom. The van der Waals surface area contributed by atoms with E-state index in [-0.39, 0.29) is 0 Å². The van der Waals surface area contributed by atoms with Gasteiger partial charge in [0.1, 0.15) is 5.75 Å². The lowest BCUT2D eigenvalue weighted by atomic mass is 9.89. The van der Waals surface area contributed by atoms with E-state index in [1.54, 1.807) is 6.07 Å².